The second-order valence-electron chi connectivity index (χ2n) is 11.1. The molecule has 3 rings (SSSR count). The molecule has 47 heavy (non-hydrogen) atoms. The summed E-state index contributed by atoms with van der Waals surface area (Å²) >= 11 is 5.81. The van der Waals surface area contributed by atoms with Crippen LogP contribution in [0.5, 0.6) is 0 Å². The maximum atomic E-state index is 12.8. The lowest BCUT2D eigenvalue weighted by molar-refractivity contribution is -0.152. The van der Waals surface area contributed by atoms with Crippen molar-refractivity contribution < 1.29 is 19.1 Å². The summed E-state index contributed by atoms with van der Waals surface area (Å²) < 4.78 is 4.91. The molecule has 252 valence electrons. The third kappa shape index (κ3) is 11.2. The number of hydrogen-bond acceptors (Lipinski definition) is 10. The van der Waals surface area contributed by atoms with E-state index in [-0.39, 0.29) is 34.3 Å². The second kappa shape index (κ2) is 18.4. The van der Waals surface area contributed by atoms with Crippen LogP contribution < -0.4 is 27.8 Å². The molecule has 0 saturated heterocycles. The van der Waals surface area contributed by atoms with Gasteiger partial charge in [-0.15, -0.1) is 0 Å². The first-order valence-electron chi connectivity index (χ1n) is 15.5. The van der Waals surface area contributed by atoms with Gasteiger partial charge in [-0.2, -0.15) is 0 Å². The number of benzene rings is 2. The second-order valence-corrected chi connectivity index (χ2v) is 11.4. The smallest absolute Gasteiger partial charge is 0.328 e. The highest BCUT2D eigenvalue weighted by Gasteiger charge is 2.27. The summed E-state index contributed by atoms with van der Waals surface area (Å²) in [5, 5.41) is 13.0. The third-order valence-corrected chi connectivity index (χ3v) is 7.97. The number of methoxy groups -OCH3 is 1. The average Bonchev–Trinajstić information content (AvgIpc) is 3.07. The fraction of sp³-hybridized carbons (Fsp3) is 0.394. The number of carbonyl (C=O) groups excluding carboxylic acids is 3. The molecular formula is C33H44ClN9O4. The number of rotatable bonds is 16. The van der Waals surface area contributed by atoms with Gasteiger partial charge in [-0.3, -0.25) is 20.3 Å². The summed E-state index contributed by atoms with van der Waals surface area (Å²) in [6.45, 7) is 1.04. The van der Waals surface area contributed by atoms with E-state index in [0.29, 0.717) is 32.4 Å². The van der Waals surface area contributed by atoms with E-state index in [0.717, 1.165) is 48.8 Å². The molecule has 2 aromatic carbocycles. The molecule has 0 bridgehead atoms. The Morgan fingerprint density at radius 3 is 2.13 bits per heavy atom. The monoisotopic (exact) mass is 665 g/mol. The fourth-order valence-corrected chi connectivity index (χ4v) is 5.04. The molecule has 0 unspecified atom stereocenters. The average molecular weight is 666 g/mol. The predicted octanol–water partition coefficient (Wildman–Crippen LogP) is 3.30. The van der Waals surface area contributed by atoms with Crippen molar-refractivity contribution in [1.29, 1.82) is 5.41 Å². The van der Waals surface area contributed by atoms with Crippen molar-refractivity contribution in [2.24, 2.45) is 5.73 Å². The molecule has 9 N–H and O–H groups in total. The molecule has 1 heterocycles. The van der Waals surface area contributed by atoms with Crippen LogP contribution in [-0.4, -0.2) is 71.9 Å². The molecule has 0 saturated carbocycles. The highest BCUT2D eigenvalue weighted by atomic mass is 35.5. The molecule has 0 fully saturated rings. The van der Waals surface area contributed by atoms with Crippen LogP contribution in [0.2, 0.25) is 5.15 Å². The van der Waals surface area contributed by atoms with Gasteiger partial charge < -0.3 is 32.2 Å². The molecule has 0 aliphatic carbocycles. The number of aromatic nitrogens is 2. The Kier molecular flexibility index (Phi) is 14.4. The van der Waals surface area contributed by atoms with Gasteiger partial charge in [0.25, 0.3) is 5.91 Å². The van der Waals surface area contributed by atoms with Crippen molar-refractivity contribution in [2.45, 2.75) is 57.4 Å². The summed E-state index contributed by atoms with van der Waals surface area (Å²) in [6.07, 6.45) is 5.47. The predicted molar refractivity (Wildman–Crippen MR) is 184 cm³/mol. The standard InChI is InChI=1S/C33H44ClN9O4/c1-43(25(32(46)47-2)8-3-5-19-35)26(44)18-13-22-11-16-24(17-12-22)23-14-9-21(10-15-23)7-4-6-20-39-33(38)42-31(45)27-29(36)41-30(37)28(34)40-27/h9-12,14-17,25H,3-8,13,18-20,35H2,1-2H3,(H4,36,37,41)(H3,38,39,42,45)/t25-/m1/s1. The van der Waals surface area contributed by atoms with Crippen LogP contribution in [0.25, 0.3) is 11.1 Å². The molecule has 2 amide bonds. The van der Waals surface area contributed by atoms with Gasteiger partial charge in [-0.05, 0) is 73.7 Å². The molecule has 13 nitrogen and oxygen atoms in total. The quantitative estimate of drug-likeness (QED) is 0.0568. The van der Waals surface area contributed by atoms with Crippen LogP contribution in [-0.2, 0) is 27.2 Å². The Labute approximate surface area is 280 Å². The summed E-state index contributed by atoms with van der Waals surface area (Å²) in [5.74, 6) is -1.65. The summed E-state index contributed by atoms with van der Waals surface area (Å²) in [4.78, 5) is 46.5. The zero-order valence-electron chi connectivity index (χ0n) is 26.9. The van der Waals surface area contributed by atoms with Crippen molar-refractivity contribution in [3.8, 4) is 11.1 Å². The van der Waals surface area contributed by atoms with E-state index in [1.165, 1.54) is 17.6 Å². The Morgan fingerprint density at radius 1 is 0.915 bits per heavy atom. The van der Waals surface area contributed by atoms with Crippen molar-refractivity contribution in [3.63, 3.8) is 0 Å². The van der Waals surface area contributed by atoms with Crippen molar-refractivity contribution in [1.82, 2.24) is 25.5 Å². The summed E-state index contributed by atoms with van der Waals surface area (Å²) in [5.41, 5.74) is 21.0. The first kappa shape index (κ1) is 36.7. The van der Waals surface area contributed by atoms with Gasteiger partial charge in [0.15, 0.2) is 28.4 Å². The van der Waals surface area contributed by atoms with Crippen LogP contribution >= 0.6 is 11.6 Å². The molecule has 1 atom stereocenters. The molecule has 0 aliphatic rings. The van der Waals surface area contributed by atoms with E-state index in [1.807, 2.05) is 24.3 Å². The summed E-state index contributed by atoms with van der Waals surface area (Å²) in [6, 6.07) is 15.9. The molecule has 3 aromatic rings. The number of anilines is 2. The van der Waals surface area contributed by atoms with E-state index >= 15 is 0 Å². The van der Waals surface area contributed by atoms with Crippen LogP contribution in [0.3, 0.4) is 0 Å². The van der Waals surface area contributed by atoms with Crippen molar-refractivity contribution >= 4 is 47.0 Å². The number of likely N-dealkylation sites (N-methyl/N-ethyl adjacent to an activating group) is 1. The highest BCUT2D eigenvalue weighted by molar-refractivity contribution is 6.31. The number of nitrogens with zero attached hydrogens (tertiary/aromatic N) is 3. The molecule has 0 spiro atoms. The minimum absolute atomic E-state index is 0.0771. The topological polar surface area (TPSA) is 215 Å². The lowest BCUT2D eigenvalue weighted by Crippen LogP contribution is -2.43. The van der Waals surface area contributed by atoms with E-state index in [1.54, 1.807) is 7.05 Å². The number of nitrogens with one attached hydrogen (secondary N) is 3. The number of nitrogens with two attached hydrogens (primary N) is 3. The maximum Gasteiger partial charge on any atom is 0.328 e. The summed E-state index contributed by atoms with van der Waals surface area (Å²) in [7, 11) is 2.99. The normalized spacial score (nSPS) is 11.4. The Morgan fingerprint density at radius 2 is 1.53 bits per heavy atom. The molecule has 14 heteroatoms. The van der Waals surface area contributed by atoms with E-state index in [9.17, 15) is 14.4 Å². The zero-order chi connectivity index (χ0) is 34.3. The minimum atomic E-state index is -0.706. The van der Waals surface area contributed by atoms with Gasteiger partial charge in [0.2, 0.25) is 5.91 Å². The number of ether oxygens (including phenoxy) is 1. The number of aryl methyl sites for hydroxylation is 2. The number of unbranched alkanes of at least 4 members (excludes halogenated alkanes) is 2. The molecule has 0 aliphatic heterocycles. The largest absolute Gasteiger partial charge is 0.467 e. The minimum Gasteiger partial charge on any atom is -0.467 e. The van der Waals surface area contributed by atoms with Crippen LogP contribution in [0.15, 0.2) is 48.5 Å². The van der Waals surface area contributed by atoms with Gasteiger partial charge in [0.05, 0.1) is 7.11 Å². The van der Waals surface area contributed by atoms with Gasteiger partial charge in [0.1, 0.15) is 6.04 Å². The first-order valence-corrected chi connectivity index (χ1v) is 15.9. The van der Waals surface area contributed by atoms with Gasteiger partial charge in [0, 0.05) is 20.0 Å². The number of carbonyl (C=O) groups is 3. The first-order chi connectivity index (χ1) is 22.5. The molecule has 1 aromatic heterocycles. The molecular weight excluding hydrogens is 622 g/mol. The van der Waals surface area contributed by atoms with E-state index < -0.39 is 17.9 Å². The van der Waals surface area contributed by atoms with Crippen LogP contribution in [0.1, 0.15) is 60.1 Å². The van der Waals surface area contributed by atoms with E-state index in [4.69, 9.17) is 38.9 Å². The number of nitrogen functional groups attached to an aromatic ring is 2. The Bertz CT molecular complexity index is 1520. The van der Waals surface area contributed by atoms with Crippen LogP contribution in [0, 0.1) is 5.41 Å². The Hall–Kier alpha value is -4.75. The van der Waals surface area contributed by atoms with Crippen molar-refractivity contribution in [2.75, 3.05) is 38.7 Å². The van der Waals surface area contributed by atoms with Gasteiger partial charge >= 0.3 is 5.97 Å². The lowest BCUT2D eigenvalue weighted by atomic mass is 9.99. The molecule has 0 radical (unpaired) electrons. The van der Waals surface area contributed by atoms with E-state index in [2.05, 4.69) is 44.9 Å². The van der Waals surface area contributed by atoms with Crippen LogP contribution in [0.4, 0.5) is 11.6 Å². The lowest BCUT2D eigenvalue weighted by Gasteiger charge is -2.26. The fourth-order valence-electron chi connectivity index (χ4n) is 4.91. The number of guanidine groups is 1. The third-order valence-electron chi connectivity index (χ3n) is 7.69. The Balaban J connectivity index is 1.40. The highest BCUT2D eigenvalue weighted by Crippen LogP contribution is 2.22. The number of halogens is 1. The SMILES string of the molecule is COC(=O)[C@@H](CCCCN)N(C)C(=O)CCc1ccc(-c2ccc(CCCCNC(=N)NC(=O)c3nc(Cl)c(N)nc3N)cc2)cc1. The van der Waals surface area contributed by atoms with Gasteiger partial charge in [-0.25, -0.2) is 14.8 Å². The maximum absolute atomic E-state index is 12.8. The number of esters is 1. The van der Waals surface area contributed by atoms with Crippen molar-refractivity contribution in [3.05, 3.63) is 70.5 Å². The van der Waals surface area contributed by atoms with Gasteiger partial charge in [-0.1, -0.05) is 60.1 Å². The zero-order valence-corrected chi connectivity index (χ0v) is 27.6. The number of amides is 2. The number of hydrogen-bond donors (Lipinski definition) is 6.